The molecule has 0 spiro atoms. The second kappa shape index (κ2) is 2.17. The molecule has 0 bridgehead atoms. The van der Waals surface area contributed by atoms with Crippen LogP contribution in [-0.4, -0.2) is 11.3 Å². The van der Waals surface area contributed by atoms with E-state index in [4.69, 9.17) is 0 Å². The zero-order chi connectivity index (χ0) is 6.27. The van der Waals surface area contributed by atoms with Crippen LogP contribution in [0.15, 0.2) is 0 Å². The highest BCUT2D eigenvalue weighted by Gasteiger charge is 2.35. The van der Waals surface area contributed by atoms with Gasteiger partial charge in [-0.25, -0.2) is 0 Å². The summed E-state index contributed by atoms with van der Waals surface area (Å²) in [5.41, 5.74) is 0. The Balaban J connectivity index is 1.92. The van der Waals surface area contributed by atoms with Gasteiger partial charge in [0, 0.05) is 11.3 Å². The van der Waals surface area contributed by atoms with Crippen molar-refractivity contribution in [2.45, 2.75) is 37.5 Å². The summed E-state index contributed by atoms with van der Waals surface area (Å²) in [5, 5.41) is 0.966. The van der Waals surface area contributed by atoms with Crippen LogP contribution in [0, 0.1) is 5.92 Å². The van der Waals surface area contributed by atoms with Crippen molar-refractivity contribution in [2.75, 3.05) is 0 Å². The zero-order valence-corrected chi connectivity index (χ0v) is 6.58. The minimum absolute atomic E-state index is 0.881. The lowest BCUT2D eigenvalue weighted by Gasteiger charge is -2.42. The monoisotopic (exact) mass is 143 g/mol. The van der Waals surface area contributed by atoms with E-state index in [-0.39, 0.29) is 0 Å². The molecule has 1 aliphatic carbocycles. The third kappa shape index (κ3) is 0.987. The Morgan fingerprint density at radius 1 is 1.44 bits per heavy atom. The molecule has 1 aliphatic heterocycles. The fraction of sp³-hybridized carbons (Fsp3) is 1.00. The number of nitrogens with one attached hydrogen (secondary N) is 1. The van der Waals surface area contributed by atoms with Gasteiger partial charge in [0.15, 0.2) is 0 Å². The number of fused-ring (bicyclic) bond motifs is 1. The number of hydrogen-bond acceptors (Lipinski definition) is 2. The Hall–Kier alpha value is 0.310. The summed E-state index contributed by atoms with van der Waals surface area (Å²) >= 11 is 1.94. The quantitative estimate of drug-likeness (QED) is 0.519. The van der Waals surface area contributed by atoms with Crippen LogP contribution < -0.4 is 4.72 Å². The molecule has 2 fully saturated rings. The number of rotatable bonds is 0. The topological polar surface area (TPSA) is 12.0 Å². The molecule has 3 atom stereocenters. The van der Waals surface area contributed by atoms with Gasteiger partial charge in [0.1, 0.15) is 0 Å². The minimum Gasteiger partial charge on any atom is -0.260 e. The molecule has 52 valence electrons. The van der Waals surface area contributed by atoms with Crippen LogP contribution >= 0.6 is 11.9 Å². The molecule has 9 heavy (non-hydrogen) atoms. The lowest BCUT2D eigenvalue weighted by Crippen LogP contribution is -2.49. The van der Waals surface area contributed by atoms with Gasteiger partial charge in [0.25, 0.3) is 0 Å². The zero-order valence-electron chi connectivity index (χ0n) is 5.76. The standard InChI is InChI=1S/C7H13NS/c1-5-2-3-6-7(4-5)9-8-6/h5-8H,2-4H2,1H3. The number of hydrogen-bond donors (Lipinski definition) is 1. The van der Waals surface area contributed by atoms with Gasteiger partial charge in [-0.2, -0.15) is 0 Å². The fourth-order valence-corrected chi connectivity index (χ4v) is 2.90. The SMILES string of the molecule is CC1CCC2NSC2C1. The summed E-state index contributed by atoms with van der Waals surface area (Å²) in [4.78, 5) is 0. The molecule has 1 N–H and O–H groups in total. The molecule has 0 amide bonds. The fourth-order valence-electron chi connectivity index (χ4n) is 1.70. The van der Waals surface area contributed by atoms with Crippen LogP contribution in [0.25, 0.3) is 0 Å². The molecule has 0 aromatic rings. The smallest absolute Gasteiger partial charge is 0.0357 e. The molecular weight excluding hydrogens is 130 g/mol. The van der Waals surface area contributed by atoms with Crippen molar-refractivity contribution in [3.8, 4) is 0 Å². The van der Waals surface area contributed by atoms with E-state index in [0.29, 0.717) is 0 Å². The van der Waals surface area contributed by atoms with Gasteiger partial charge in [-0.3, -0.25) is 4.72 Å². The first-order chi connectivity index (χ1) is 4.36. The van der Waals surface area contributed by atoms with E-state index in [1.54, 1.807) is 0 Å². The van der Waals surface area contributed by atoms with Crippen molar-refractivity contribution in [1.82, 2.24) is 4.72 Å². The second-order valence-corrected chi connectivity index (χ2v) is 4.38. The molecule has 1 heterocycles. The third-order valence-electron chi connectivity index (χ3n) is 2.42. The van der Waals surface area contributed by atoms with Gasteiger partial charge < -0.3 is 0 Å². The molecule has 0 aromatic heterocycles. The maximum absolute atomic E-state index is 3.38. The summed E-state index contributed by atoms with van der Waals surface area (Å²) in [7, 11) is 0. The Bertz CT molecular complexity index is 115. The van der Waals surface area contributed by atoms with Crippen molar-refractivity contribution < 1.29 is 0 Å². The van der Waals surface area contributed by atoms with Crippen molar-refractivity contribution in [2.24, 2.45) is 5.92 Å². The summed E-state index contributed by atoms with van der Waals surface area (Å²) < 4.78 is 3.38. The van der Waals surface area contributed by atoms with Crippen LogP contribution in [-0.2, 0) is 0 Å². The second-order valence-electron chi connectivity index (χ2n) is 3.30. The molecule has 2 heteroatoms. The van der Waals surface area contributed by atoms with Crippen LogP contribution in [0.1, 0.15) is 26.2 Å². The van der Waals surface area contributed by atoms with Crippen molar-refractivity contribution in [3.63, 3.8) is 0 Å². The largest absolute Gasteiger partial charge is 0.260 e. The van der Waals surface area contributed by atoms with Crippen LogP contribution in [0.5, 0.6) is 0 Å². The molecule has 1 saturated carbocycles. The van der Waals surface area contributed by atoms with Gasteiger partial charge in [-0.15, -0.1) is 0 Å². The van der Waals surface area contributed by atoms with Gasteiger partial charge in [0.2, 0.25) is 0 Å². The summed E-state index contributed by atoms with van der Waals surface area (Å²) in [6.45, 7) is 2.37. The van der Waals surface area contributed by atoms with Crippen molar-refractivity contribution in [1.29, 1.82) is 0 Å². The van der Waals surface area contributed by atoms with E-state index < -0.39 is 0 Å². The molecule has 2 aliphatic rings. The highest BCUT2D eigenvalue weighted by molar-refractivity contribution is 7.99. The van der Waals surface area contributed by atoms with Crippen LogP contribution in [0.3, 0.4) is 0 Å². The molecule has 0 radical (unpaired) electrons. The predicted molar refractivity (Wildman–Crippen MR) is 41.3 cm³/mol. The van der Waals surface area contributed by atoms with E-state index >= 15 is 0 Å². The lowest BCUT2D eigenvalue weighted by atomic mass is 9.87. The van der Waals surface area contributed by atoms with Crippen molar-refractivity contribution >= 4 is 11.9 Å². The minimum atomic E-state index is 0.881. The van der Waals surface area contributed by atoms with E-state index in [1.807, 2.05) is 11.9 Å². The summed E-state index contributed by atoms with van der Waals surface area (Å²) in [6, 6.07) is 0.881. The Morgan fingerprint density at radius 2 is 2.33 bits per heavy atom. The molecule has 0 aromatic carbocycles. The molecule has 1 saturated heterocycles. The van der Waals surface area contributed by atoms with Crippen LogP contribution in [0.4, 0.5) is 0 Å². The first-order valence-corrected chi connectivity index (χ1v) is 4.65. The Morgan fingerprint density at radius 3 is 2.78 bits per heavy atom. The molecule has 2 rings (SSSR count). The third-order valence-corrected chi connectivity index (χ3v) is 3.69. The highest BCUT2D eigenvalue weighted by atomic mass is 32.2. The normalized spacial score (nSPS) is 49.7. The van der Waals surface area contributed by atoms with Crippen LogP contribution in [0.2, 0.25) is 0 Å². The van der Waals surface area contributed by atoms with Gasteiger partial charge in [-0.05, 0) is 25.2 Å². The average molecular weight is 143 g/mol. The molecular formula is C7H13NS. The van der Waals surface area contributed by atoms with Crippen molar-refractivity contribution in [3.05, 3.63) is 0 Å². The van der Waals surface area contributed by atoms with E-state index in [2.05, 4.69) is 11.6 Å². The Labute approximate surface area is 60.7 Å². The van der Waals surface area contributed by atoms with E-state index in [0.717, 1.165) is 17.2 Å². The van der Waals surface area contributed by atoms with Gasteiger partial charge >= 0.3 is 0 Å². The van der Waals surface area contributed by atoms with Gasteiger partial charge in [0.05, 0.1) is 0 Å². The average Bonchev–Trinajstić information content (AvgIpc) is 1.78. The van der Waals surface area contributed by atoms with E-state index in [9.17, 15) is 0 Å². The highest BCUT2D eigenvalue weighted by Crippen LogP contribution is 2.38. The van der Waals surface area contributed by atoms with Gasteiger partial charge in [-0.1, -0.05) is 18.9 Å². The maximum atomic E-state index is 3.38. The Kier molecular flexibility index (Phi) is 1.46. The summed E-state index contributed by atoms with van der Waals surface area (Å²) in [5.74, 6) is 0.987. The lowest BCUT2D eigenvalue weighted by molar-refractivity contribution is 0.325. The summed E-state index contributed by atoms with van der Waals surface area (Å²) in [6.07, 6.45) is 4.30. The van der Waals surface area contributed by atoms with E-state index in [1.165, 1.54) is 19.3 Å². The molecule has 1 nitrogen and oxygen atoms in total. The first kappa shape index (κ1) is 6.05. The maximum Gasteiger partial charge on any atom is 0.0357 e. The first-order valence-electron chi connectivity index (χ1n) is 3.77. The predicted octanol–water partition coefficient (Wildman–Crippen LogP) is 1.79. The molecule has 3 unspecified atom stereocenters.